The number of aromatic nitrogens is 1. The van der Waals surface area contributed by atoms with Crippen molar-refractivity contribution in [1.82, 2.24) is 4.98 Å². The van der Waals surface area contributed by atoms with E-state index >= 15 is 0 Å². The number of nitrogens with zero attached hydrogens (tertiary/aromatic N) is 2. The van der Waals surface area contributed by atoms with Gasteiger partial charge < -0.3 is 4.74 Å². The van der Waals surface area contributed by atoms with Gasteiger partial charge in [0.05, 0.1) is 23.3 Å². The van der Waals surface area contributed by atoms with Crippen LogP contribution in [0.5, 0.6) is 0 Å². The summed E-state index contributed by atoms with van der Waals surface area (Å²) in [4.78, 5) is 29.5. The van der Waals surface area contributed by atoms with E-state index in [1.54, 1.807) is 12.1 Å². The van der Waals surface area contributed by atoms with Gasteiger partial charge in [0.15, 0.2) is 0 Å². The molecule has 1 aliphatic heterocycles. The molecule has 31 heavy (non-hydrogen) atoms. The molecule has 2 heterocycles. The number of hydrogen-bond acceptors (Lipinski definition) is 6. The minimum Gasteiger partial charge on any atom is -0.447 e. The van der Waals surface area contributed by atoms with E-state index in [0.29, 0.717) is 12.2 Å². The summed E-state index contributed by atoms with van der Waals surface area (Å²) in [7, 11) is -4.03. The molecule has 1 N–H and O–H groups in total. The number of ketones is 1. The first-order valence-electron chi connectivity index (χ1n) is 9.17. The van der Waals surface area contributed by atoms with Gasteiger partial charge >= 0.3 is 6.09 Å². The molecule has 3 aromatic rings. The lowest BCUT2D eigenvalue weighted by Crippen LogP contribution is -2.23. The molecule has 1 aromatic heterocycles. The lowest BCUT2D eigenvalue weighted by atomic mass is 10.1. The number of carbonyl (C=O) groups is 2. The van der Waals surface area contributed by atoms with Gasteiger partial charge in [-0.25, -0.2) is 22.6 Å². The molecular weight excluding hydrogens is 425 g/mol. The molecule has 1 fully saturated rings. The summed E-state index contributed by atoms with van der Waals surface area (Å²) < 4.78 is 46.1. The highest BCUT2D eigenvalue weighted by Crippen LogP contribution is 2.25. The van der Waals surface area contributed by atoms with Crippen molar-refractivity contribution in [2.24, 2.45) is 0 Å². The minimum atomic E-state index is -4.03. The van der Waals surface area contributed by atoms with Gasteiger partial charge in [0.1, 0.15) is 18.1 Å². The Labute approximate surface area is 177 Å². The maximum atomic E-state index is 13.1. The molecule has 2 aromatic carbocycles. The summed E-state index contributed by atoms with van der Waals surface area (Å²) in [6.07, 6.45) is 0.424. The van der Waals surface area contributed by atoms with Crippen molar-refractivity contribution in [2.75, 3.05) is 22.8 Å². The van der Waals surface area contributed by atoms with Crippen molar-refractivity contribution in [2.45, 2.75) is 4.90 Å². The molecular formula is C21H16FN3O5S. The number of nitrogens with one attached hydrogen (secondary N) is 1. The van der Waals surface area contributed by atoms with Crippen molar-refractivity contribution in [1.29, 1.82) is 0 Å². The monoisotopic (exact) mass is 441 g/mol. The number of halogens is 1. The lowest BCUT2D eigenvalue weighted by molar-refractivity contribution is 0.103. The van der Waals surface area contributed by atoms with E-state index in [1.165, 1.54) is 47.4 Å². The molecule has 0 atom stereocenters. The van der Waals surface area contributed by atoms with Crippen molar-refractivity contribution in [3.05, 3.63) is 83.9 Å². The Morgan fingerprint density at radius 2 is 1.81 bits per heavy atom. The van der Waals surface area contributed by atoms with Crippen LogP contribution in [-0.2, 0) is 14.8 Å². The van der Waals surface area contributed by atoms with Crippen molar-refractivity contribution < 1.29 is 27.1 Å². The summed E-state index contributed by atoms with van der Waals surface area (Å²) in [5.74, 6) is -1.14. The number of para-hydroxylation sites is 1. The molecule has 0 aliphatic carbocycles. The third-order valence-electron chi connectivity index (χ3n) is 4.60. The van der Waals surface area contributed by atoms with Gasteiger partial charge in [-0.3, -0.25) is 14.4 Å². The molecule has 1 aliphatic rings. The highest BCUT2D eigenvalue weighted by molar-refractivity contribution is 7.92. The van der Waals surface area contributed by atoms with Crippen LogP contribution in [0.2, 0.25) is 0 Å². The quantitative estimate of drug-likeness (QED) is 0.589. The van der Waals surface area contributed by atoms with Crippen LogP contribution in [0.15, 0.2) is 71.8 Å². The van der Waals surface area contributed by atoms with E-state index in [2.05, 4.69) is 9.71 Å². The van der Waals surface area contributed by atoms with Gasteiger partial charge in [-0.05, 0) is 48.5 Å². The van der Waals surface area contributed by atoms with Gasteiger partial charge in [-0.1, -0.05) is 12.1 Å². The van der Waals surface area contributed by atoms with Crippen LogP contribution in [0.3, 0.4) is 0 Å². The Hall–Kier alpha value is -3.79. The standard InChI is InChI=1S/C21H16FN3O5S/c22-14-5-10-19(23-13-14)20(26)17-3-1-2-4-18(17)24-31(28,29)16-8-6-15(7-9-16)25-11-12-30-21(25)27/h1-10,13,24H,11-12H2. The fourth-order valence-electron chi connectivity index (χ4n) is 3.06. The van der Waals surface area contributed by atoms with Crippen LogP contribution < -0.4 is 9.62 Å². The van der Waals surface area contributed by atoms with E-state index in [1.807, 2.05) is 0 Å². The number of anilines is 2. The van der Waals surface area contributed by atoms with Crippen LogP contribution in [0, 0.1) is 5.82 Å². The molecule has 0 radical (unpaired) electrons. The largest absolute Gasteiger partial charge is 0.447 e. The van der Waals surface area contributed by atoms with Gasteiger partial charge in [-0.2, -0.15) is 0 Å². The van der Waals surface area contributed by atoms with Crippen molar-refractivity contribution >= 4 is 33.3 Å². The first kappa shape index (κ1) is 20.5. The number of pyridine rings is 1. The molecule has 1 amide bonds. The zero-order valence-electron chi connectivity index (χ0n) is 16.0. The molecule has 0 unspecified atom stereocenters. The zero-order chi connectivity index (χ0) is 22.0. The Morgan fingerprint density at radius 3 is 2.45 bits per heavy atom. The first-order chi connectivity index (χ1) is 14.8. The second kappa shape index (κ2) is 8.15. The highest BCUT2D eigenvalue weighted by Gasteiger charge is 2.25. The highest BCUT2D eigenvalue weighted by atomic mass is 32.2. The number of sulfonamides is 1. The zero-order valence-corrected chi connectivity index (χ0v) is 16.8. The Balaban J connectivity index is 1.59. The molecule has 10 heteroatoms. The predicted molar refractivity (Wildman–Crippen MR) is 110 cm³/mol. The average Bonchev–Trinajstić information content (AvgIpc) is 3.20. The maximum Gasteiger partial charge on any atom is 0.414 e. The average molecular weight is 441 g/mol. The van der Waals surface area contributed by atoms with Crippen LogP contribution in [0.4, 0.5) is 20.6 Å². The fourth-order valence-corrected chi connectivity index (χ4v) is 4.13. The van der Waals surface area contributed by atoms with Crippen molar-refractivity contribution in [3.8, 4) is 0 Å². The molecule has 4 rings (SSSR count). The fraction of sp³-hybridized carbons (Fsp3) is 0.0952. The number of carbonyl (C=O) groups excluding carboxylic acids is 2. The number of benzene rings is 2. The molecule has 0 saturated carbocycles. The van der Waals surface area contributed by atoms with Gasteiger partial charge in [0.2, 0.25) is 5.78 Å². The number of amides is 1. The normalized spacial score (nSPS) is 13.7. The molecule has 0 bridgehead atoms. The summed E-state index contributed by atoms with van der Waals surface area (Å²) in [5, 5.41) is 0. The number of ether oxygens (including phenoxy) is 1. The van der Waals surface area contributed by atoms with E-state index in [9.17, 15) is 22.4 Å². The summed E-state index contributed by atoms with van der Waals surface area (Å²) in [6, 6.07) is 14.1. The van der Waals surface area contributed by atoms with Gasteiger partial charge in [0.25, 0.3) is 10.0 Å². The molecule has 158 valence electrons. The minimum absolute atomic E-state index is 0.0186. The predicted octanol–water partition coefficient (Wildman–Crippen LogP) is 3.21. The third kappa shape index (κ3) is 4.24. The SMILES string of the molecule is O=C(c1ccc(F)cn1)c1ccccc1NS(=O)(=O)c1ccc(N2CCOC2=O)cc1. The van der Waals surface area contributed by atoms with Crippen LogP contribution in [-0.4, -0.2) is 38.4 Å². The summed E-state index contributed by atoms with van der Waals surface area (Å²) in [6.45, 7) is 0.657. The Morgan fingerprint density at radius 1 is 1.06 bits per heavy atom. The third-order valence-corrected chi connectivity index (χ3v) is 5.98. The smallest absolute Gasteiger partial charge is 0.414 e. The first-order valence-corrected chi connectivity index (χ1v) is 10.7. The van der Waals surface area contributed by atoms with Gasteiger partial charge in [-0.15, -0.1) is 0 Å². The van der Waals surface area contributed by atoms with E-state index in [4.69, 9.17) is 4.74 Å². The summed E-state index contributed by atoms with van der Waals surface area (Å²) in [5.41, 5.74) is 0.627. The van der Waals surface area contributed by atoms with Crippen LogP contribution in [0.1, 0.15) is 16.1 Å². The van der Waals surface area contributed by atoms with Gasteiger partial charge in [0, 0.05) is 11.3 Å². The van der Waals surface area contributed by atoms with E-state index in [-0.39, 0.29) is 28.4 Å². The lowest BCUT2D eigenvalue weighted by Gasteiger charge is -2.14. The van der Waals surface area contributed by atoms with Crippen molar-refractivity contribution in [3.63, 3.8) is 0 Å². The maximum absolute atomic E-state index is 13.1. The van der Waals surface area contributed by atoms with E-state index < -0.39 is 27.7 Å². The molecule has 1 saturated heterocycles. The topological polar surface area (TPSA) is 106 Å². The van der Waals surface area contributed by atoms with E-state index in [0.717, 1.165) is 12.3 Å². The summed E-state index contributed by atoms with van der Waals surface area (Å²) >= 11 is 0. The molecule has 8 nitrogen and oxygen atoms in total. The van der Waals surface area contributed by atoms with Crippen LogP contribution >= 0.6 is 0 Å². The van der Waals surface area contributed by atoms with Crippen LogP contribution in [0.25, 0.3) is 0 Å². The number of rotatable bonds is 6. The molecule has 0 spiro atoms. The second-order valence-corrected chi connectivity index (χ2v) is 8.28. The number of hydrogen-bond donors (Lipinski definition) is 1. The Kier molecular flexibility index (Phi) is 5.38. The second-order valence-electron chi connectivity index (χ2n) is 6.60. The number of cyclic esters (lactones) is 1. The Bertz CT molecular complexity index is 1240.